The zero-order chi connectivity index (χ0) is 20.0. The summed E-state index contributed by atoms with van der Waals surface area (Å²) in [7, 11) is -2.36. The summed E-state index contributed by atoms with van der Waals surface area (Å²) in [4.78, 5) is 18.7. The van der Waals surface area contributed by atoms with E-state index in [1.54, 1.807) is 67.0 Å². The maximum absolute atomic E-state index is 12.4. The van der Waals surface area contributed by atoms with Crippen LogP contribution in [0.3, 0.4) is 0 Å². The predicted octanol–water partition coefficient (Wildman–Crippen LogP) is 2.84. The standard InChI is InChI=1S/C20H17N3O4S/c1-27-20(24)16-7-5-15(6-8-16)14-22-17-9-11-18(12-10-17)28(25,26)23-19-4-2-3-13-21-19/h2-14H,1H3,(H,21,23)/p+1. The van der Waals surface area contributed by atoms with E-state index in [0.717, 1.165) is 5.56 Å². The highest BCUT2D eigenvalue weighted by Crippen LogP contribution is 2.18. The third-order valence-electron chi connectivity index (χ3n) is 3.79. The molecule has 0 aliphatic heterocycles. The van der Waals surface area contributed by atoms with E-state index >= 15 is 0 Å². The highest BCUT2D eigenvalue weighted by Gasteiger charge is 2.19. The number of carbonyl (C=O) groups excluding carboxylic acids is 1. The lowest BCUT2D eigenvalue weighted by Crippen LogP contribution is -2.19. The number of pyridine rings is 1. The molecule has 0 unspecified atom stereocenters. The number of methoxy groups -OCH3 is 1. The van der Waals surface area contributed by atoms with Crippen molar-refractivity contribution in [1.82, 2.24) is 0 Å². The van der Waals surface area contributed by atoms with Gasteiger partial charge in [0.1, 0.15) is 4.90 Å². The number of H-pyrrole nitrogens is 1. The van der Waals surface area contributed by atoms with E-state index in [9.17, 15) is 13.2 Å². The van der Waals surface area contributed by atoms with Gasteiger partial charge in [-0.25, -0.2) is 9.78 Å². The van der Waals surface area contributed by atoms with E-state index < -0.39 is 16.0 Å². The van der Waals surface area contributed by atoms with Crippen molar-refractivity contribution in [2.24, 2.45) is 4.99 Å². The first-order chi connectivity index (χ1) is 13.5. The largest absolute Gasteiger partial charge is 0.465 e. The average molecular weight is 396 g/mol. The topological polar surface area (TPSA) is 99.0 Å². The van der Waals surface area contributed by atoms with Gasteiger partial charge in [0.25, 0.3) is 5.82 Å². The summed E-state index contributed by atoms with van der Waals surface area (Å²) in [5, 5.41) is 0. The molecule has 3 rings (SSSR count). The van der Waals surface area contributed by atoms with Crippen LogP contribution in [0.1, 0.15) is 15.9 Å². The number of ether oxygens (including phenoxy) is 1. The third kappa shape index (κ3) is 4.80. The van der Waals surface area contributed by atoms with Gasteiger partial charge in [-0.2, -0.15) is 13.1 Å². The Balaban J connectivity index is 1.70. The van der Waals surface area contributed by atoms with Gasteiger partial charge in [-0.15, -0.1) is 0 Å². The molecule has 0 aliphatic carbocycles. The second-order valence-corrected chi connectivity index (χ2v) is 7.43. The first-order valence-electron chi connectivity index (χ1n) is 8.30. The van der Waals surface area contributed by atoms with Crippen LogP contribution in [0.2, 0.25) is 0 Å². The van der Waals surface area contributed by atoms with Crippen LogP contribution in [-0.4, -0.2) is 27.7 Å². The molecular weight excluding hydrogens is 378 g/mol. The number of benzene rings is 2. The Hall–Kier alpha value is -3.52. The van der Waals surface area contributed by atoms with Crippen molar-refractivity contribution in [1.29, 1.82) is 0 Å². The van der Waals surface area contributed by atoms with Crippen molar-refractivity contribution in [2.45, 2.75) is 4.90 Å². The van der Waals surface area contributed by atoms with Crippen molar-refractivity contribution in [3.8, 4) is 0 Å². The molecule has 2 N–H and O–H groups in total. The number of aromatic amines is 1. The SMILES string of the molecule is COC(=O)c1ccc(C=Nc2ccc(S(=O)(=O)Nc3cccc[nH+]3)cc2)cc1. The summed E-state index contributed by atoms with van der Waals surface area (Å²) in [5.74, 6) is -0.0259. The van der Waals surface area contributed by atoms with Gasteiger partial charge >= 0.3 is 16.0 Å². The van der Waals surface area contributed by atoms with Gasteiger partial charge in [-0.05, 0) is 48.0 Å². The smallest absolute Gasteiger partial charge is 0.337 e. The molecule has 1 aromatic heterocycles. The number of anilines is 1. The monoisotopic (exact) mass is 396 g/mol. The number of aromatic nitrogens is 1. The molecule has 0 saturated carbocycles. The summed E-state index contributed by atoms with van der Waals surface area (Å²) < 4.78 is 31.9. The molecule has 0 spiro atoms. The van der Waals surface area contributed by atoms with Crippen LogP contribution in [-0.2, 0) is 14.8 Å². The summed E-state index contributed by atoms with van der Waals surface area (Å²) in [6.07, 6.45) is 3.26. The van der Waals surface area contributed by atoms with Crippen molar-refractivity contribution >= 4 is 33.7 Å². The van der Waals surface area contributed by atoms with Gasteiger partial charge in [0, 0.05) is 12.3 Å². The first kappa shape index (κ1) is 19.2. The minimum absolute atomic E-state index is 0.131. The molecule has 142 valence electrons. The lowest BCUT2D eigenvalue weighted by atomic mass is 10.1. The second kappa shape index (κ2) is 8.45. The molecule has 0 aliphatic rings. The molecule has 2 aromatic carbocycles. The van der Waals surface area contributed by atoms with Crippen molar-refractivity contribution in [3.63, 3.8) is 0 Å². The lowest BCUT2D eigenvalue weighted by Gasteiger charge is -2.02. The molecule has 0 bridgehead atoms. The fourth-order valence-corrected chi connectivity index (χ4v) is 3.37. The fraction of sp³-hybridized carbons (Fsp3) is 0.0500. The van der Waals surface area contributed by atoms with Crippen molar-refractivity contribution in [3.05, 3.63) is 84.1 Å². The van der Waals surface area contributed by atoms with Gasteiger partial charge in [0.2, 0.25) is 0 Å². The molecular formula is C20H18N3O4S+. The lowest BCUT2D eigenvalue weighted by molar-refractivity contribution is -0.360. The number of rotatable bonds is 6. The van der Waals surface area contributed by atoms with Crippen LogP contribution < -0.4 is 9.71 Å². The Labute approximate surface area is 162 Å². The van der Waals surface area contributed by atoms with Gasteiger partial charge in [0.05, 0.1) is 24.6 Å². The Morgan fingerprint density at radius 2 is 1.75 bits per heavy atom. The quantitative estimate of drug-likeness (QED) is 0.512. The number of nitrogens with one attached hydrogen (secondary N) is 2. The van der Waals surface area contributed by atoms with Crippen LogP contribution in [0.4, 0.5) is 11.5 Å². The average Bonchev–Trinajstić information content (AvgIpc) is 2.73. The minimum atomic E-state index is -3.69. The molecule has 7 nitrogen and oxygen atoms in total. The van der Waals surface area contributed by atoms with Gasteiger partial charge in [-0.1, -0.05) is 18.2 Å². The number of sulfonamides is 1. The van der Waals surface area contributed by atoms with Gasteiger partial charge in [0.15, 0.2) is 0 Å². The Morgan fingerprint density at radius 3 is 2.36 bits per heavy atom. The normalized spacial score (nSPS) is 11.3. The maximum atomic E-state index is 12.4. The van der Waals surface area contributed by atoms with E-state index in [4.69, 9.17) is 0 Å². The van der Waals surface area contributed by atoms with Crippen LogP contribution >= 0.6 is 0 Å². The molecule has 3 aromatic rings. The summed E-state index contributed by atoms with van der Waals surface area (Å²) in [6, 6.07) is 18.1. The van der Waals surface area contributed by atoms with Crippen LogP contribution in [0.25, 0.3) is 0 Å². The highest BCUT2D eigenvalue weighted by atomic mass is 32.2. The molecule has 0 radical (unpaired) electrons. The number of hydrogen-bond acceptors (Lipinski definition) is 5. The number of nitrogens with zero attached hydrogens (tertiary/aromatic N) is 1. The van der Waals surface area contributed by atoms with Crippen LogP contribution in [0.5, 0.6) is 0 Å². The molecule has 0 saturated heterocycles. The molecule has 1 heterocycles. The van der Waals surface area contributed by atoms with Crippen LogP contribution in [0.15, 0.2) is 82.8 Å². The zero-order valence-corrected chi connectivity index (χ0v) is 15.8. The van der Waals surface area contributed by atoms with Gasteiger partial charge < -0.3 is 4.74 Å². The van der Waals surface area contributed by atoms with E-state index in [-0.39, 0.29) is 4.90 Å². The molecule has 0 fully saturated rings. The van der Waals surface area contributed by atoms with Crippen molar-refractivity contribution in [2.75, 3.05) is 11.8 Å². The zero-order valence-electron chi connectivity index (χ0n) is 15.0. The maximum Gasteiger partial charge on any atom is 0.337 e. The minimum Gasteiger partial charge on any atom is -0.465 e. The fourth-order valence-electron chi connectivity index (χ4n) is 2.34. The van der Waals surface area contributed by atoms with E-state index in [0.29, 0.717) is 17.1 Å². The Bertz CT molecular complexity index is 1080. The van der Waals surface area contributed by atoms with Crippen LogP contribution in [0, 0.1) is 0 Å². The highest BCUT2D eigenvalue weighted by molar-refractivity contribution is 7.92. The second-order valence-electron chi connectivity index (χ2n) is 5.75. The van der Waals surface area contributed by atoms with E-state index in [1.807, 2.05) is 0 Å². The van der Waals surface area contributed by atoms with Gasteiger partial charge in [-0.3, -0.25) is 4.99 Å². The first-order valence-corrected chi connectivity index (χ1v) is 9.78. The Kier molecular flexibility index (Phi) is 5.81. The number of carbonyl (C=O) groups is 1. The number of hydrogen-bond donors (Lipinski definition) is 1. The molecule has 28 heavy (non-hydrogen) atoms. The predicted molar refractivity (Wildman–Crippen MR) is 105 cm³/mol. The molecule has 0 amide bonds. The van der Waals surface area contributed by atoms with E-state index in [2.05, 4.69) is 19.4 Å². The third-order valence-corrected chi connectivity index (χ3v) is 5.18. The van der Waals surface area contributed by atoms with E-state index in [1.165, 1.54) is 19.2 Å². The summed E-state index contributed by atoms with van der Waals surface area (Å²) in [5.41, 5.74) is 1.85. The number of aliphatic imine (C=N–C) groups is 1. The Morgan fingerprint density at radius 1 is 1.04 bits per heavy atom. The summed E-state index contributed by atoms with van der Waals surface area (Å²) >= 11 is 0. The van der Waals surface area contributed by atoms with Crippen molar-refractivity contribution < 1.29 is 22.9 Å². The molecule has 8 heteroatoms. The molecule has 0 atom stereocenters. The number of esters is 1. The summed E-state index contributed by atoms with van der Waals surface area (Å²) in [6.45, 7) is 0.